The van der Waals surface area contributed by atoms with Crippen LogP contribution in [0, 0.1) is 0 Å². The molecule has 0 aliphatic heterocycles. The van der Waals surface area contributed by atoms with E-state index >= 15 is 0 Å². The van der Waals surface area contributed by atoms with Crippen LogP contribution in [-0.2, 0) is 6.61 Å². The van der Waals surface area contributed by atoms with Gasteiger partial charge in [-0.3, -0.25) is 0 Å². The Kier molecular flexibility index (Phi) is 6.28. The van der Waals surface area contributed by atoms with Crippen molar-refractivity contribution in [3.63, 3.8) is 0 Å². The van der Waals surface area contributed by atoms with Gasteiger partial charge in [0.15, 0.2) is 11.5 Å². The molecule has 126 valence electrons. The number of hydrogen-bond donors (Lipinski definition) is 2. The van der Waals surface area contributed by atoms with E-state index in [1.54, 1.807) is 37.4 Å². The van der Waals surface area contributed by atoms with Crippen molar-refractivity contribution in [1.82, 2.24) is 0 Å². The minimum Gasteiger partial charge on any atom is -0.493 e. The van der Waals surface area contributed by atoms with Gasteiger partial charge < -0.3 is 20.9 Å². The lowest BCUT2D eigenvalue weighted by atomic mass is 10.2. The fourth-order valence-electron chi connectivity index (χ4n) is 1.84. The molecule has 0 fully saturated rings. The first-order valence-electron chi connectivity index (χ1n) is 6.86. The van der Waals surface area contributed by atoms with Gasteiger partial charge in [0.2, 0.25) is 5.96 Å². The van der Waals surface area contributed by atoms with Gasteiger partial charge in [-0.15, -0.1) is 5.10 Å². The Hall–Kier alpha value is -2.44. The van der Waals surface area contributed by atoms with E-state index in [1.807, 2.05) is 6.07 Å². The van der Waals surface area contributed by atoms with Crippen molar-refractivity contribution < 1.29 is 9.47 Å². The summed E-state index contributed by atoms with van der Waals surface area (Å²) in [5, 5.41) is 8.27. The standard InChI is InChI=1S/C16H16Cl2N4O2/c1-23-15-7-10(8-21-22-16(19)20)3-5-14(15)24-9-11-2-4-12(17)13(18)6-11/h2-8H,9H2,1H3,(H4,19,20,22). The summed E-state index contributed by atoms with van der Waals surface area (Å²) < 4.78 is 11.1. The SMILES string of the molecule is COc1cc(C=NN=C(N)N)ccc1OCc1ccc(Cl)c(Cl)c1. The first kappa shape index (κ1) is 17.9. The van der Waals surface area contributed by atoms with Crippen LogP contribution in [0.15, 0.2) is 46.6 Å². The van der Waals surface area contributed by atoms with Gasteiger partial charge in [-0.05, 0) is 41.5 Å². The average Bonchev–Trinajstić information content (AvgIpc) is 2.56. The van der Waals surface area contributed by atoms with E-state index in [2.05, 4.69) is 10.2 Å². The Morgan fingerprint density at radius 2 is 1.88 bits per heavy atom. The lowest BCUT2D eigenvalue weighted by Gasteiger charge is -2.11. The molecule has 2 aromatic carbocycles. The Morgan fingerprint density at radius 1 is 1.08 bits per heavy atom. The number of guanidine groups is 1. The van der Waals surface area contributed by atoms with Crippen molar-refractivity contribution in [2.24, 2.45) is 21.7 Å². The Balaban J connectivity index is 2.11. The lowest BCUT2D eigenvalue weighted by Crippen LogP contribution is -2.21. The number of methoxy groups -OCH3 is 1. The number of halogens is 2. The summed E-state index contributed by atoms with van der Waals surface area (Å²) >= 11 is 11.9. The summed E-state index contributed by atoms with van der Waals surface area (Å²) in [6.45, 7) is 0.328. The molecule has 0 aromatic heterocycles. The normalized spacial score (nSPS) is 10.6. The van der Waals surface area contributed by atoms with Crippen LogP contribution in [0.1, 0.15) is 11.1 Å². The third-order valence-electron chi connectivity index (χ3n) is 2.95. The van der Waals surface area contributed by atoms with Crippen molar-refractivity contribution in [3.05, 3.63) is 57.6 Å². The molecule has 0 heterocycles. The van der Waals surface area contributed by atoms with Crippen LogP contribution in [0.25, 0.3) is 0 Å². The number of nitrogens with two attached hydrogens (primary N) is 2. The Labute approximate surface area is 149 Å². The fourth-order valence-corrected chi connectivity index (χ4v) is 2.16. The van der Waals surface area contributed by atoms with Crippen molar-refractivity contribution >= 4 is 35.4 Å². The predicted octanol–water partition coefficient (Wildman–Crippen LogP) is 3.19. The van der Waals surface area contributed by atoms with Gasteiger partial charge in [0, 0.05) is 0 Å². The molecule has 0 amide bonds. The van der Waals surface area contributed by atoms with Crippen LogP contribution in [0.2, 0.25) is 10.0 Å². The van der Waals surface area contributed by atoms with Crippen LogP contribution in [0.4, 0.5) is 0 Å². The first-order chi connectivity index (χ1) is 11.5. The maximum atomic E-state index is 5.99. The van der Waals surface area contributed by atoms with E-state index in [0.717, 1.165) is 11.1 Å². The summed E-state index contributed by atoms with van der Waals surface area (Å²) in [6, 6.07) is 10.7. The molecule has 8 heteroatoms. The lowest BCUT2D eigenvalue weighted by molar-refractivity contribution is 0.284. The smallest absolute Gasteiger partial charge is 0.211 e. The molecule has 0 bridgehead atoms. The highest BCUT2D eigenvalue weighted by Gasteiger charge is 2.06. The average molecular weight is 367 g/mol. The van der Waals surface area contributed by atoms with Gasteiger partial charge >= 0.3 is 0 Å². The Bertz CT molecular complexity index is 775. The molecule has 0 aliphatic carbocycles. The van der Waals surface area contributed by atoms with Crippen LogP contribution < -0.4 is 20.9 Å². The van der Waals surface area contributed by atoms with E-state index in [9.17, 15) is 0 Å². The van der Waals surface area contributed by atoms with Crippen molar-refractivity contribution in [2.45, 2.75) is 6.61 Å². The van der Waals surface area contributed by atoms with Gasteiger partial charge in [0.1, 0.15) is 6.61 Å². The molecule has 0 atom stereocenters. The number of rotatable bonds is 6. The van der Waals surface area contributed by atoms with Gasteiger partial charge in [-0.2, -0.15) is 5.10 Å². The zero-order valence-electron chi connectivity index (χ0n) is 12.9. The zero-order chi connectivity index (χ0) is 17.5. The van der Waals surface area contributed by atoms with Crippen LogP contribution in [0.5, 0.6) is 11.5 Å². The first-order valence-corrected chi connectivity index (χ1v) is 7.62. The predicted molar refractivity (Wildman–Crippen MR) is 97.2 cm³/mol. The minimum atomic E-state index is -0.111. The highest BCUT2D eigenvalue weighted by Crippen LogP contribution is 2.29. The maximum absolute atomic E-state index is 5.99. The van der Waals surface area contributed by atoms with Crippen LogP contribution in [0.3, 0.4) is 0 Å². The molecule has 0 unspecified atom stereocenters. The monoisotopic (exact) mass is 366 g/mol. The highest BCUT2D eigenvalue weighted by molar-refractivity contribution is 6.42. The summed E-state index contributed by atoms with van der Waals surface area (Å²) in [5.41, 5.74) is 12.1. The summed E-state index contributed by atoms with van der Waals surface area (Å²) in [7, 11) is 1.55. The second-order valence-corrected chi connectivity index (χ2v) is 5.53. The molecule has 2 rings (SSSR count). The molecule has 0 radical (unpaired) electrons. The van der Waals surface area contributed by atoms with Gasteiger partial charge in [0.05, 0.1) is 23.4 Å². The Morgan fingerprint density at radius 3 is 2.54 bits per heavy atom. The molecule has 24 heavy (non-hydrogen) atoms. The second-order valence-electron chi connectivity index (χ2n) is 4.72. The second kappa shape index (κ2) is 8.42. The van der Waals surface area contributed by atoms with E-state index in [0.29, 0.717) is 28.2 Å². The fraction of sp³-hybridized carbons (Fsp3) is 0.125. The number of hydrogen-bond acceptors (Lipinski definition) is 4. The molecular weight excluding hydrogens is 351 g/mol. The number of ether oxygens (including phenoxy) is 2. The van der Waals surface area contributed by atoms with Gasteiger partial charge in [-0.1, -0.05) is 29.3 Å². The van der Waals surface area contributed by atoms with E-state index < -0.39 is 0 Å². The van der Waals surface area contributed by atoms with Gasteiger partial charge in [-0.25, -0.2) is 0 Å². The molecule has 0 saturated heterocycles. The van der Waals surface area contributed by atoms with Crippen molar-refractivity contribution in [1.29, 1.82) is 0 Å². The van der Waals surface area contributed by atoms with E-state index in [4.69, 9.17) is 44.1 Å². The topological polar surface area (TPSA) is 95.2 Å². The highest BCUT2D eigenvalue weighted by atomic mass is 35.5. The molecule has 2 aromatic rings. The van der Waals surface area contributed by atoms with Gasteiger partial charge in [0.25, 0.3) is 0 Å². The van der Waals surface area contributed by atoms with Crippen LogP contribution in [-0.4, -0.2) is 19.3 Å². The molecule has 4 N–H and O–H groups in total. The molecule has 6 nitrogen and oxygen atoms in total. The largest absolute Gasteiger partial charge is 0.493 e. The third-order valence-corrected chi connectivity index (χ3v) is 3.69. The molecular formula is C16H16Cl2N4O2. The molecule has 0 aliphatic rings. The van der Waals surface area contributed by atoms with Crippen molar-refractivity contribution in [3.8, 4) is 11.5 Å². The number of benzene rings is 2. The number of nitrogens with zero attached hydrogens (tertiary/aromatic N) is 2. The van der Waals surface area contributed by atoms with Crippen molar-refractivity contribution in [2.75, 3.05) is 7.11 Å². The maximum Gasteiger partial charge on any atom is 0.211 e. The third kappa shape index (κ3) is 5.04. The summed E-state index contributed by atoms with van der Waals surface area (Å²) in [6.07, 6.45) is 1.50. The van der Waals surface area contributed by atoms with E-state index in [1.165, 1.54) is 6.21 Å². The summed E-state index contributed by atoms with van der Waals surface area (Å²) in [5.74, 6) is 1.03. The zero-order valence-corrected chi connectivity index (χ0v) is 14.4. The minimum absolute atomic E-state index is 0.111. The van der Waals surface area contributed by atoms with Crippen LogP contribution >= 0.6 is 23.2 Å². The summed E-state index contributed by atoms with van der Waals surface area (Å²) in [4.78, 5) is 0. The quantitative estimate of drug-likeness (QED) is 0.466. The van der Waals surface area contributed by atoms with E-state index in [-0.39, 0.29) is 5.96 Å². The molecule has 0 spiro atoms. The molecule has 0 saturated carbocycles.